The average molecular weight is 732 g/mol. The second-order valence-electron chi connectivity index (χ2n) is 11.0. The lowest BCUT2D eigenvalue weighted by Gasteiger charge is -2.34. The summed E-state index contributed by atoms with van der Waals surface area (Å²) >= 11 is 16.1. The van der Waals surface area contributed by atoms with Crippen LogP contribution in [0.15, 0.2) is 106 Å². The van der Waals surface area contributed by atoms with E-state index >= 15 is 0 Å². The maximum Gasteiger partial charge on any atom is 0.264 e. The van der Waals surface area contributed by atoms with Crippen molar-refractivity contribution in [2.24, 2.45) is 0 Å². The Balaban J connectivity index is 1.83. The van der Waals surface area contributed by atoms with Crippen molar-refractivity contribution in [2.45, 2.75) is 50.7 Å². The predicted molar refractivity (Wildman–Crippen MR) is 184 cm³/mol. The van der Waals surface area contributed by atoms with Crippen molar-refractivity contribution < 1.29 is 18.0 Å². The minimum atomic E-state index is -4.28. The number of rotatable bonds is 12. The number of halogens is 3. The van der Waals surface area contributed by atoms with Crippen molar-refractivity contribution in [1.82, 2.24) is 10.2 Å². The van der Waals surface area contributed by atoms with Gasteiger partial charge in [0.1, 0.15) is 12.6 Å². The molecule has 2 amide bonds. The maximum absolute atomic E-state index is 14.5. The quantitative estimate of drug-likeness (QED) is 0.164. The van der Waals surface area contributed by atoms with Crippen LogP contribution in [-0.4, -0.2) is 43.8 Å². The minimum Gasteiger partial charge on any atom is -0.352 e. The van der Waals surface area contributed by atoms with Crippen molar-refractivity contribution in [2.75, 3.05) is 10.8 Å². The summed E-state index contributed by atoms with van der Waals surface area (Å²) in [5, 5.41) is 3.36. The van der Waals surface area contributed by atoms with Crippen molar-refractivity contribution in [3.05, 3.63) is 128 Å². The Hall–Kier alpha value is -3.37. The van der Waals surface area contributed by atoms with Gasteiger partial charge in [0.2, 0.25) is 11.8 Å². The monoisotopic (exact) mass is 729 g/mol. The number of carbonyl (C=O) groups is 2. The summed E-state index contributed by atoms with van der Waals surface area (Å²) in [7, 11) is -4.28. The lowest BCUT2D eigenvalue weighted by atomic mass is 10.0. The summed E-state index contributed by atoms with van der Waals surface area (Å²) in [6, 6.07) is 26.4. The van der Waals surface area contributed by atoms with Gasteiger partial charge in [0.05, 0.1) is 10.6 Å². The number of aryl methyl sites for hydroxylation is 1. The molecular formula is C34H34BrCl2N3O4S. The molecule has 0 unspecified atom stereocenters. The van der Waals surface area contributed by atoms with Gasteiger partial charge in [-0.15, -0.1) is 0 Å². The van der Waals surface area contributed by atoms with Gasteiger partial charge in [0.25, 0.3) is 10.0 Å². The topological polar surface area (TPSA) is 86.8 Å². The van der Waals surface area contributed by atoms with Crippen LogP contribution in [0.4, 0.5) is 5.69 Å². The van der Waals surface area contributed by atoms with E-state index in [0.717, 1.165) is 25.5 Å². The van der Waals surface area contributed by atoms with Gasteiger partial charge in [-0.05, 0) is 74.4 Å². The Kier molecular flexibility index (Phi) is 11.7. The van der Waals surface area contributed by atoms with E-state index in [1.807, 2.05) is 75.4 Å². The molecule has 0 saturated heterocycles. The van der Waals surface area contributed by atoms with E-state index in [4.69, 9.17) is 23.2 Å². The number of benzene rings is 4. The SMILES string of the molecule is Cc1ccc(S(=O)(=O)N(CC(=O)N(Cc2cccc(Br)c2)[C@H](Cc2ccccc2)C(=O)NC(C)C)c2cc(Cl)cc(Cl)c2)cc1. The molecule has 0 aromatic heterocycles. The Morgan fingerprint density at radius 3 is 2.07 bits per heavy atom. The molecule has 0 radical (unpaired) electrons. The van der Waals surface area contributed by atoms with Crippen LogP contribution in [0.5, 0.6) is 0 Å². The van der Waals surface area contributed by atoms with Crippen LogP contribution < -0.4 is 9.62 Å². The summed E-state index contributed by atoms with van der Waals surface area (Å²) < 4.78 is 30.1. The molecular weight excluding hydrogens is 697 g/mol. The van der Waals surface area contributed by atoms with Crippen LogP contribution >= 0.6 is 39.1 Å². The highest BCUT2D eigenvalue weighted by Crippen LogP contribution is 2.30. The first kappa shape index (κ1) is 34.5. The highest BCUT2D eigenvalue weighted by molar-refractivity contribution is 9.10. The molecule has 1 atom stereocenters. The van der Waals surface area contributed by atoms with Gasteiger partial charge in [0.15, 0.2) is 0 Å². The summed E-state index contributed by atoms with van der Waals surface area (Å²) in [4.78, 5) is 29.7. The highest BCUT2D eigenvalue weighted by Gasteiger charge is 2.35. The van der Waals surface area contributed by atoms with E-state index in [0.29, 0.717) is 0 Å². The van der Waals surface area contributed by atoms with Gasteiger partial charge in [-0.1, -0.05) is 99.3 Å². The van der Waals surface area contributed by atoms with Crippen molar-refractivity contribution in [3.63, 3.8) is 0 Å². The van der Waals surface area contributed by atoms with Crippen molar-refractivity contribution >= 4 is 66.7 Å². The fourth-order valence-electron chi connectivity index (χ4n) is 4.82. The normalized spacial score (nSPS) is 12.1. The molecule has 0 aliphatic carbocycles. The molecule has 4 rings (SSSR count). The molecule has 45 heavy (non-hydrogen) atoms. The zero-order chi connectivity index (χ0) is 32.7. The lowest BCUT2D eigenvalue weighted by molar-refractivity contribution is -0.140. The van der Waals surface area contributed by atoms with Gasteiger partial charge in [-0.3, -0.25) is 13.9 Å². The molecule has 0 aliphatic rings. The lowest BCUT2D eigenvalue weighted by Crippen LogP contribution is -2.54. The Morgan fingerprint density at radius 2 is 1.47 bits per heavy atom. The number of anilines is 1. The van der Waals surface area contributed by atoms with Crippen LogP contribution in [0.1, 0.15) is 30.5 Å². The van der Waals surface area contributed by atoms with E-state index in [9.17, 15) is 18.0 Å². The number of nitrogens with one attached hydrogen (secondary N) is 1. The maximum atomic E-state index is 14.5. The van der Waals surface area contributed by atoms with Gasteiger partial charge in [-0.25, -0.2) is 8.42 Å². The summed E-state index contributed by atoms with van der Waals surface area (Å²) in [6.45, 7) is 4.98. The first-order valence-electron chi connectivity index (χ1n) is 14.3. The molecule has 0 saturated carbocycles. The molecule has 0 aliphatic heterocycles. The van der Waals surface area contributed by atoms with E-state index in [1.165, 1.54) is 35.2 Å². The summed E-state index contributed by atoms with van der Waals surface area (Å²) in [6.07, 6.45) is 0.215. The fraction of sp³-hybridized carbons (Fsp3) is 0.235. The van der Waals surface area contributed by atoms with E-state index in [2.05, 4.69) is 21.2 Å². The number of hydrogen-bond acceptors (Lipinski definition) is 4. The average Bonchev–Trinajstić information content (AvgIpc) is 2.97. The second kappa shape index (κ2) is 15.3. The second-order valence-corrected chi connectivity index (χ2v) is 14.6. The van der Waals surface area contributed by atoms with Crippen molar-refractivity contribution in [3.8, 4) is 0 Å². The number of hydrogen-bond donors (Lipinski definition) is 1. The molecule has 236 valence electrons. The zero-order valence-electron chi connectivity index (χ0n) is 25.1. The smallest absolute Gasteiger partial charge is 0.264 e. The molecule has 0 fully saturated rings. The first-order chi connectivity index (χ1) is 21.3. The summed E-state index contributed by atoms with van der Waals surface area (Å²) in [5.74, 6) is -0.933. The van der Waals surface area contributed by atoms with Gasteiger partial charge >= 0.3 is 0 Å². The third-order valence-corrected chi connectivity index (χ3v) is 9.68. The molecule has 4 aromatic carbocycles. The third kappa shape index (κ3) is 9.33. The highest BCUT2D eigenvalue weighted by atomic mass is 79.9. The Morgan fingerprint density at radius 1 is 0.844 bits per heavy atom. The molecule has 4 aromatic rings. The standard InChI is InChI=1S/C34H34BrCl2N3O4S/c1-23(2)38-34(42)32(17-25-8-5-4-6-9-25)39(21-26-10-7-11-27(35)16-26)33(41)22-40(30-19-28(36)18-29(37)20-30)45(43,44)31-14-12-24(3)13-15-31/h4-16,18-20,23,32H,17,21-22H2,1-3H3,(H,38,42)/t32-/m1/s1. The Bertz CT molecular complexity index is 1730. The Labute approximate surface area is 283 Å². The number of sulfonamides is 1. The fourth-order valence-corrected chi connectivity index (χ4v) is 7.18. The van der Waals surface area contributed by atoms with Gasteiger partial charge in [-0.2, -0.15) is 0 Å². The van der Waals surface area contributed by atoms with Crippen LogP contribution in [0.2, 0.25) is 10.0 Å². The van der Waals surface area contributed by atoms with Crippen LogP contribution in [0.3, 0.4) is 0 Å². The molecule has 1 N–H and O–H groups in total. The molecule has 0 heterocycles. The first-order valence-corrected chi connectivity index (χ1v) is 17.3. The number of nitrogens with zero attached hydrogens (tertiary/aromatic N) is 2. The molecule has 7 nitrogen and oxygen atoms in total. The van der Waals surface area contributed by atoms with Crippen molar-refractivity contribution in [1.29, 1.82) is 0 Å². The molecule has 0 spiro atoms. The van der Waals surface area contributed by atoms with E-state index in [1.54, 1.807) is 12.1 Å². The minimum absolute atomic E-state index is 0.00563. The zero-order valence-corrected chi connectivity index (χ0v) is 29.0. The van der Waals surface area contributed by atoms with Gasteiger partial charge in [0, 0.05) is 33.5 Å². The number of carbonyl (C=O) groups excluding carboxylic acids is 2. The predicted octanol–water partition coefficient (Wildman–Crippen LogP) is 7.42. The van der Waals surface area contributed by atoms with Gasteiger partial charge < -0.3 is 10.2 Å². The van der Waals surface area contributed by atoms with Crippen LogP contribution in [0, 0.1) is 6.92 Å². The largest absolute Gasteiger partial charge is 0.352 e. The van der Waals surface area contributed by atoms with E-state index < -0.39 is 28.5 Å². The molecule has 0 bridgehead atoms. The third-order valence-electron chi connectivity index (χ3n) is 6.97. The van der Waals surface area contributed by atoms with E-state index in [-0.39, 0.29) is 45.5 Å². The van der Waals surface area contributed by atoms with Crippen LogP contribution in [-0.2, 0) is 32.6 Å². The molecule has 11 heteroatoms. The summed E-state index contributed by atoms with van der Waals surface area (Å²) in [5.41, 5.74) is 2.60. The number of amides is 2. The van der Waals surface area contributed by atoms with Crippen LogP contribution in [0.25, 0.3) is 0 Å².